The van der Waals surface area contributed by atoms with E-state index in [1.807, 2.05) is 23.1 Å². The summed E-state index contributed by atoms with van der Waals surface area (Å²) in [4.78, 5) is 21.7. The molecular weight excluding hydrogens is 495 g/mol. The molecule has 2 atom stereocenters. The zero-order chi connectivity index (χ0) is 20.1. The Balaban J connectivity index is 0.00000256. The van der Waals surface area contributed by atoms with Crippen LogP contribution < -0.4 is 10.2 Å². The molecule has 3 aliphatic heterocycles. The van der Waals surface area contributed by atoms with Gasteiger partial charge in [-0.05, 0) is 44.2 Å². The lowest BCUT2D eigenvalue weighted by Crippen LogP contribution is -2.53. The minimum Gasteiger partial charge on any atom is -0.375 e. The zero-order valence-electron chi connectivity index (χ0n) is 17.7. The monoisotopic (exact) mass is 528 g/mol. The number of benzene rings is 1. The number of rotatable bonds is 4. The minimum absolute atomic E-state index is 0. The number of nitrogens with zero attached hydrogens (tertiary/aromatic N) is 3. The average Bonchev–Trinajstić information content (AvgIpc) is 3.31. The van der Waals surface area contributed by atoms with Crippen molar-refractivity contribution in [3.63, 3.8) is 0 Å². The molecule has 8 heteroatoms. The van der Waals surface area contributed by atoms with Crippen LogP contribution in [-0.2, 0) is 20.7 Å². The molecule has 1 aromatic carbocycles. The van der Waals surface area contributed by atoms with E-state index in [0.717, 1.165) is 70.1 Å². The van der Waals surface area contributed by atoms with Crippen LogP contribution in [0.2, 0.25) is 0 Å². The molecule has 0 saturated carbocycles. The maximum atomic E-state index is 13.0. The standard InChI is InChI=1S/C22H32N4O3.HI/c1-2-23-22(25-12-14-29-20(16-25)19-10-6-13-28-19)24-15-21(27)26-11-5-8-17-7-3-4-9-18(17)26;/h3-4,7,9,19-20H,2,5-6,8,10-16H2,1H3,(H,23,24);1H. The molecule has 166 valence electrons. The molecule has 2 fully saturated rings. The third-order valence-corrected chi connectivity index (χ3v) is 5.88. The molecule has 0 spiro atoms. The van der Waals surface area contributed by atoms with Gasteiger partial charge < -0.3 is 24.6 Å². The topological polar surface area (TPSA) is 66.4 Å². The molecule has 0 bridgehead atoms. The van der Waals surface area contributed by atoms with Crippen LogP contribution in [0.4, 0.5) is 5.69 Å². The Morgan fingerprint density at radius 1 is 1.17 bits per heavy atom. The first-order chi connectivity index (χ1) is 14.3. The summed E-state index contributed by atoms with van der Waals surface area (Å²) in [7, 11) is 0. The maximum absolute atomic E-state index is 13.0. The van der Waals surface area contributed by atoms with Crippen molar-refractivity contribution in [3.8, 4) is 0 Å². The lowest BCUT2D eigenvalue weighted by Gasteiger charge is -2.37. The minimum atomic E-state index is 0. The van der Waals surface area contributed by atoms with Crippen LogP contribution in [0.1, 0.15) is 31.7 Å². The molecule has 2 unspecified atom stereocenters. The summed E-state index contributed by atoms with van der Waals surface area (Å²) in [5.41, 5.74) is 2.28. The van der Waals surface area contributed by atoms with Crippen LogP contribution >= 0.6 is 24.0 Å². The molecular formula is C22H33IN4O3. The van der Waals surface area contributed by atoms with E-state index in [9.17, 15) is 4.79 Å². The second-order valence-corrected chi connectivity index (χ2v) is 7.85. The summed E-state index contributed by atoms with van der Waals surface area (Å²) in [6, 6.07) is 8.18. The SMILES string of the molecule is CCNC(=NCC(=O)N1CCCc2ccccc21)N1CCOC(C2CCCO2)C1.I. The predicted molar refractivity (Wildman–Crippen MR) is 129 cm³/mol. The van der Waals surface area contributed by atoms with Crippen LogP contribution in [0.25, 0.3) is 0 Å². The highest BCUT2D eigenvalue weighted by Crippen LogP contribution is 2.26. The molecule has 0 aliphatic carbocycles. The number of amides is 1. The number of hydrogen-bond acceptors (Lipinski definition) is 4. The van der Waals surface area contributed by atoms with E-state index in [0.29, 0.717) is 6.61 Å². The lowest BCUT2D eigenvalue weighted by molar-refractivity contribution is -0.117. The van der Waals surface area contributed by atoms with E-state index in [2.05, 4.69) is 23.2 Å². The number of anilines is 1. The number of hydrogen-bond donors (Lipinski definition) is 1. The molecule has 1 aromatic rings. The first kappa shape index (κ1) is 23.3. The molecule has 0 aromatic heterocycles. The van der Waals surface area contributed by atoms with Crippen LogP contribution in [0, 0.1) is 0 Å². The zero-order valence-corrected chi connectivity index (χ0v) is 20.0. The summed E-state index contributed by atoms with van der Waals surface area (Å²) < 4.78 is 11.8. The van der Waals surface area contributed by atoms with Gasteiger partial charge in [-0.1, -0.05) is 18.2 Å². The van der Waals surface area contributed by atoms with Crippen molar-refractivity contribution < 1.29 is 14.3 Å². The normalized spacial score (nSPS) is 24.2. The molecule has 7 nitrogen and oxygen atoms in total. The van der Waals surface area contributed by atoms with Gasteiger partial charge in [-0.15, -0.1) is 24.0 Å². The summed E-state index contributed by atoms with van der Waals surface area (Å²) in [6.45, 7) is 6.73. The van der Waals surface area contributed by atoms with Crippen LogP contribution in [0.15, 0.2) is 29.3 Å². The molecule has 30 heavy (non-hydrogen) atoms. The number of ether oxygens (including phenoxy) is 2. The van der Waals surface area contributed by atoms with Crippen molar-refractivity contribution in [2.45, 2.75) is 44.8 Å². The second kappa shape index (κ2) is 11.3. The summed E-state index contributed by atoms with van der Waals surface area (Å²) in [6.07, 6.45) is 4.43. The maximum Gasteiger partial charge on any atom is 0.248 e. The highest BCUT2D eigenvalue weighted by atomic mass is 127. The highest BCUT2D eigenvalue weighted by Gasteiger charge is 2.32. The quantitative estimate of drug-likeness (QED) is 0.370. The fraction of sp³-hybridized carbons (Fsp3) is 0.636. The van der Waals surface area contributed by atoms with Gasteiger partial charge in [0.25, 0.3) is 0 Å². The Morgan fingerprint density at radius 3 is 2.80 bits per heavy atom. The number of nitrogens with one attached hydrogen (secondary N) is 1. The van der Waals surface area contributed by atoms with Gasteiger partial charge in [0.15, 0.2) is 5.96 Å². The molecule has 0 radical (unpaired) electrons. The van der Waals surface area contributed by atoms with Gasteiger partial charge in [0.2, 0.25) is 5.91 Å². The molecule has 1 amide bonds. The van der Waals surface area contributed by atoms with Gasteiger partial charge in [0.1, 0.15) is 12.6 Å². The molecule has 3 heterocycles. The number of para-hydroxylation sites is 1. The van der Waals surface area contributed by atoms with Crippen LogP contribution in [-0.4, -0.2) is 74.9 Å². The largest absolute Gasteiger partial charge is 0.375 e. The van der Waals surface area contributed by atoms with Crippen molar-refractivity contribution in [2.75, 3.05) is 50.8 Å². The van der Waals surface area contributed by atoms with Crippen LogP contribution in [0.3, 0.4) is 0 Å². The first-order valence-electron chi connectivity index (χ1n) is 10.9. The molecule has 1 N–H and O–H groups in total. The van der Waals surface area contributed by atoms with E-state index in [4.69, 9.17) is 14.5 Å². The number of aryl methyl sites for hydroxylation is 1. The Morgan fingerprint density at radius 2 is 2.00 bits per heavy atom. The van der Waals surface area contributed by atoms with Crippen molar-refractivity contribution in [2.24, 2.45) is 4.99 Å². The summed E-state index contributed by atoms with van der Waals surface area (Å²) in [5, 5.41) is 3.35. The van der Waals surface area contributed by atoms with E-state index < -0.39 is 0 Å². The van der Waals surface area contributed by atoms with Gasteiger partial charge >= 0.3 is 0 Å². The number of fused-ring (bicyclic) bond motifs is 1. The lowest BCUT2D eigenvalue weighted by atomic mass is 10.0. The van der Waals surface area contributed by atoms with E-state index in [1.165, 1.54) is 5.56 Å². The first-order valence-corrected chi connectivity index (χ1v) is 10.9. The number of carbonyl (C=O) groups is 1. The Bertz CT molecular complexity index is 739. The van der Waals surface area contributed by atoms with Crippen molar-refractivity contribution in [1.82, 2.24) is 10.2 Å². The van der Waals surface area contributed by atoms with Gasteiger partial charge in [0, 0.05) is 38.5 Å². The number of halogens is 1. The van der Waals surface area contributed by atoms with E-state index in [1.54, 1.807) is 0 Å². The van der Waals surface area contributed by atoms with Gasteiger partial charge in [-0.3, -0.25) is 4.79 Å². The fourth-order valence-corrected chi connectivity index (χ4v) is 4.43. The smallest absolute Gasteiger partial charge is 0.248 e. The van der Waals surface area contributed by atoms with E-state index >= 15 is 0 Å². The number of carbonyl (C=O) groups excluding carboxylic acids is 1. The van der Waals surface area contributed by atoms with E-state index in [-0.39, 0.29) is 48.6 Å². The molecule has 3 aliphatic rings. The summed E-state index contributed by atoms with van der Waals surface area (Å²) >= 11 is 0. The molecule has 2 saturated heterocycles. The number of morpholine rings is 1. The van der Waals surface area contributed by atoms with Crippen LogP contribution in [0.5, 0.6) is 0 Å². The van der Waals surface area contributed by atoms with Crippen molar-refractivity contribution >= 4 is 41.5 Å². The fourth-order valence-electron chi connectivity index (χ4n) is 4.43. The predicted octanol–water partition coefficient (Wildman–Crippen LogP) is 2.43. The van der Waals surface area contributed by atoms with Gasteiger partial charge in [0.05, 0.1) is 12.7 Å². The van der Waals surface area contributed by atoms with Crippen molar-refractivity contribution in [3.05, 3.63) is 29.8 Å². The highest BCUT2D eigenvalue weighted by molar-refractivity contribution is 14.0. The molecule has 4 rings (SSSR count). The van der Waals surface area contributed by atoms with Gasteiger partial charge in [-0.2, -0.15) is 0 Å². The Hall–Kier alpha value is -1.39. The number of aliphatic imine (C=N–C) groups is 1. The summed E-state index contributed by atoms with van der Waals surface area (Å²) in [5.74, 6) is 0.842. The Kier molecular flexibility index (Phi) is 8.76. The third kappa shape index (κ3) is 5.45. The average molecular weight is 528 g/mol. The van der Waals surface area contributed by atoms with Crippen molar-refractivity contribution in [1.29, 1.82) is 0 Å². The second-order valence-electron chi connectivity index (χ2n) is 7.85. The Labute approximate surface area is 196 Å². The third-order valence-electron chi connectivity index (χ3n) is 5.88. The van der Waals surface area contributed by atoms with Gasteiger partial charge in [-0.25, -0.2) is 4.99 Å². The number of guanidine groups is 1.